The number of hydrogen-bond donors (Lipinski definition) is 2. The number of hydrogen-bond acceptors (Lipinski definition) is 6. The van der Waals surface area contributed by atoms with Crippen molar-refractivity contribution in [2.75, 3.05) is 0 Å². The van der Waals surface area contributed by atoms with E-state index >= 15 is 0 Å². The van der Waals surface area contributed by atoms with Crippen LogP contribution in [0.2, 0.25) is 0 Å². The largest absolute Gasteiger partial charge is 0.393 e. The lowest BCUT2D eigenvalue weighted by molar-refractivity contribution is 0.184. The first-order valence-electron chi connectivity index (χ1n) is 13.0. The number of nitrogens with zero attached hydrogens (tertiary/aromatic N) is 6. The Morgan fingerprint density at radius 1 is 1.11 bits per heavy atom. The lowest BCUT2D eigenvalue weighted by Crippen LogP contribution is -2.12. The zero-order valence-electron chi connectivity index (χ0n) is 21.4. The number of aryl methyl sites for hydroxylation is 4. The van der Waals surface area contributed by atoms with Crippen LogP contribution in [0.25, 0.3) is 33.7 Å². The second-order valence-corrected chi connectivity index (χ2v) is 9.99. The monoisotopic (exact) mass is 493 g/mol. The highest BCUT2D eigenvalue weighted by molar-refractivity contribution is 5.81. The lowest BCUT2D eigenvalue weighted by atomic mass is 9.96. The molecule has 0 saturated heterocycles. The number of rotatable bonds is 7. The van der Waals surface area contributed by atoms with E-state index in [4.69, 9.17) is 9.97 Å². The van der Waals surface area contributed by atoms with Gasteiger partial charge >= 0.3 is 0 Å². The first-order chi connectivity index (χ1) is 18.0. The molecule has 1 aliphatic carbocycles. The summed E-state index contributed by atoms with van der Waals surface area (Å²) in [5, 5.41) is 24.5. The van der Waals surface area contributed by atoms with Gasteiger partial charge in [0.2, 0.25) is 5.82 Å². The van der Waals surface area contributed by atoms with Gasteiger partial charge < -0.3 is 9.67 Å². The summed E-state index contributed by atoms with van der Waals surface area (Å²) in [5.41, 5.74) is 10.0. The molecule has 0 amide bonds. The predicted octanol–water partition coefficient (Wildman–Crippen LogP) is 5.00. The number of aromatic amines is 1. The number of aromatic nitrogens is 7. The Balaban J connectivity index is 1.41. The highest BCUT2D eigenvalue weighted by Crippen LogP contribution is 2.40. The van der Waals surface area contributed by atoms with Gasteiger partial charge in [-0.15, -0.1) is 10.2 Å². The number of aliphatic hydroxyl groups is 1. The summed E-state index contributed by atoms with van der Waals surface area (Å²) in [6, 6.07) is 17.3. The Hall–Kier alpha value is -3.91. The van der Waals surface area contributed by atoms with E-state index in [0.717, 1.165) is 70.6 Å². The van der Waals surface area contributed by atoms with Crippen molar-refractivity contribution in [1.82, 2.24) is 35.2 Å². The molecule has 2 atom stereocenters. The fraction of sp³-hybridized carbons (Fsp3) is 0.345. The van der Waals surface area contributed by atoms with Gasteiger partial charge in [-0.25, -0.2) is 9.97 Å². The molecule has 0 fully saturated rings. The zero-order valence-corrected chi connectivity index (χ0v) is 21.4. The Labute approximate surface area is 215 Å². The van der Waals surface area contributed by atoms with Crippen molar-refractivity contribution in [3.05, 3.63) is 76.7 Å². The summed E-state index contributed by atoms with van der Waals surface area (Å²) in [6.45, 7) is 6.10. The molecule has 0 bridgehead atoms. The van der Waals surface area contributed by atoms with Crippen LogP contribution in [0, 0.1) is 6.92 Å². The van der Waals surface area contributed by atoms with Crippen LogP contribution in [0.15, 0.2) is 48.5 Å². The van der Waals surface area contributed by atoms with Crippen molar-refractivity contribution in [2.45, 2.75) is 65.0 Å². The van der Waals surface area contributed by atoms with Crippen LogP contribution in [-0.4, -0.2) is 46.4 Å². The van der Waals surface area contributed by atoms with Crippen molar-refractivity contribution in [3.8, 4) is 22.5 Å². The average molecular weight is 494 g/mol. The minimum absolute atomic E-state index is 0.204. The van der Waals surface area contributed by atoms with Gasteiger partial charge in [-0.3, -0.25) is 0 Å². The molecule has 2 N–H and O–H groups in total. The number of H-pyrrole nitrogens is 1. The molecular weight excluding hydrogens is 462 g/mol. The van der Waals surface area contributed by atoms with Gasteiger partial charge in [0.1, 0.15) is 11.3 Å². The summed E-state index contributed by atoms with van der Waals surface area (Å²) in [7, 11) is 0. The normalized spacial score (nSPS) is 15.8. The molecular formula is C29H31N7O. The van der Waals surface area contributed by atoms with Gasteiger partial charge in [0, 0.05) is 17.7 Å². The van der Waals surface area contributed by atoms with E-state index in [1.807, 2.05) is 25.1 Å². The van der Waals surface area contributed by atoms with E-state index in [1.54, 1.807) is 0 Å². The fourth-order valence-corrected chi connectivity index (χ4v) is 5.63. The summed E-state index contributed by atoms with van der Waals surface area (Å²) in [5.74, 6) is 1.67. The van der Waals surface area contributed by atoms with E-state index < -0.39 is 0 Å². The summed E-state index contributed by atoms with van der Waals surface area (Å²) in [6.07, 6.45) is 3.98. The van der Waals surface area contributed by atoms with Crippen LogP contribution in [0.1, 0.15) is 60.9 Å². The molecule has 37 heavy (non-hydrogen) atoms. The molecule has 1 unspecified atom stereocenters. The molecule has 5 aromatic rings. The number of pyridine rings is 1. The molecule has 6 rings (SSSR count). The maximum absolute atomic E-state index is 9.79. The first kappa shape index (κ1) is 23.5. The molecule has 8 heteroatoms. The minimum atomic E-state index is -0.338. The predicted molar refractivity (Wildman–Crippen MR) is 143 cm³/mol. The van der Waals surface area contributed by atoms with E-state index in [0.29, 0.717) is 12.2 Å². The third-order valence-corrected chi connectivity index (χ3v) is 7.42. The first-order valence-corrected chi connectivity index (χ1v) is 13.0. The highest BCUT2D eigenvalue weighted by Gasteiger charge is 2.29. The Morgan fingerprint density at radius 3 is 2.70 bits per heavy atom. The van der Waals surface area contributed by atoms with E-state index in [9.17, 15) is 5.11 Å². The third kappa shape index (κ3) is 4.21. The van der Waals surface area contributed by atoms with E-state index in [1.165, 1.54) is 11.1 Å². The minimum Gasteiger partial charge on any atom is -0.393 e. The molecule has 0 spiro atoms. The number of imidazole rings is 1. The standard InChI is InChI=1S/C29H31N7O/c1-4-26-31-27-17(2)15-21(12-9-18(3)37)30-29(27)36(26)25-14-11-20-16-19(10-13-23(20)25)22-7-5-6-8-24(22)28-32-34-35-33-28/h5-8,10,13,15-16,18,25,37H,4,9,11-12,14H2,1-3H3,(H,32,33,34,35)/t18-,25?/m0/s1. The topological polar surface area (TPSA) is 105 Å². The van der Waals surface area contributed by atoms with Gasteiger partial charge in [-0.05, 0) is 78.6 Å². The molecule has 0 saturated carbocycles. The molecule has 8 nitrogen and oxygen atoms in total. The maximum Gasteiger partial charge on any atom is 0.205 e. The summed E-state index contributed by atoms with van der Waals surface area (Å²) >= 11 is 0. The number of nitrogens with one attached hydrogen (secondary N) is 1. The second kappa shape index (κ2) is 9.52. The second-order valence-electron chi connectivity index (χ2n) is 9.99. The van der Waals surface area contributed by atoms with Crippen LogP contribution < -0.4 is 0 Å². The number of fused-ring (bicyclic) bond motifs is 2. The highest BCUT2D eigenvalue weighted by atomic mass is 16.3. The van der Waals surface area contributed by atoms with Crippen molar-refractivity contribution >= 4 is 11.2 Å². The van der Waals surface area contributed by atoms with Gasteiger partial charge in [0.15, 0.2) is 5.65 Å². The van der Waals surface area contributed by atoms with Crippen molar-refractivity contribution < 1.29 is 5.11 Å². The van der Waals surface area contributed by atoms with Crippen LogP contribution in [0.4, 0.5) is 0 Å². The van der Waals surface area contributed by atoms with Crippen molar-refractivity contribution in [3.63, 3.8) is 0 Å². The van der Waals surface area contributed by atoms with Crippen LogP contribution >= 0.6 is 0 Å². The Morgan fingerprint density at radius 2 is 1.95 bits per heavy atom. The molecule has 188 valence electrons. The van der Waals surface area contributed by atoms with E-state index in [2.05, 4.69) is 69.4 Å². The van der Waals surface area contributed by atoms with Gasteiger partial charge in [0.05, 0.1) is 12.1 Å². The number of tetrazole rings is 1. The molecule has 0 aliphatic heterocycles. The van der Waals surface area contributed by atoms with E-state index in [-0.39, 0.29) is 12.1 Å². The van der Waals surface area contributed by atoms with Crippen molar-refractivity contribution in [2.24, 2.45) is 0 Å². The maximum atomic E-state index is 9.79. The summed E-state index contributed by atoms with van der Waals surface area (Å²) < 4.78 is 2.37. The molecule has 0 radical (unpaired) electrons. The van der Waals surface area contributed by atoms with Gasteiger partial charge in [0.25, 0.3) is 0 Å². The van der Waals surface area contributed by atoms with Crippen LogP contribution in [0.3, 0.4) is 0 Å². The summed E-state index contributed by atoms with van der Waals surface area (Å²) in [4.78, 5) is 10.1. The SMILES string of the molecule is CCc1nc2c(C)cc(CC[C@H](C)O)nc2n1C1CCc2cc(-c3ccccc3-c3nn[nH]n3)ccc21. The molecule has 3 aromatic heterocycles. The Kier molecular flexibility index (Phi) is 6.04. The average Bonchev–Trinajstić information content (AvgIpc) is 3.65. The Bertz CT molecular complexity index is 1570. The number of benzene rings is 2. The smallest absolute Gasteiger partial charge is 0.205 e. The molecule has 3 heterocycles. The fourth-order valence-electron chi connectivity index (χ4n) is 5.63. The third-order valence-electron chi connectivity index (χ3n) is 7.42. The number of aliphatic hydroxyl groups excluding tert-OH is 1. The quantitative estimate of drug-likeness (QED) is 0.331. The van der Waals surface area contributed by atoms with Crippen LogP contribution in [0.5, 0.6) is 0 Å². The van der Waals surface area contributed by atoms with Crippen LogP contribution in [-0.2, 0) is 19.3 Å². The van der Waals surface area contributed by atoms with Gasteiger partial charge in [-0.1, -0.05) is 49.4 Å². The van der Waals surface area contributed by atoms with Crippen molar-refractivity contribution in [1.29, 1.82) is 0 Å². The molecule has 2 aromatic carbocycles. The zero-order chi connectivity index (χ0) is 25.5. The molecule has 1 aliphatic rings. The van der Waals surface area contributed by atoms with Gasteiger partial charge in [-0.2, -0.15) is 5.21 Å². The lowest BCUT2D eigenvalue weighted by Gasteiger charge is -2.18.